The van der Waals surface area contributed by atoms with Crippen LogP contribution in [-0.2, 0) is 19.4 Å². The summed E-state index contributed by atoms with van der Waals surface area (Å²) in [5, 5.41) is 9.96. The van der Waals surface area contributed by atoms with E-state index in [0.29, 0.717) is 18.1 Å². The summed E-state index contributed by atoms with van der Waals surface area (Å²) in [6.45, 7) is 2.75. The van der Waals surface area contributed by atoms with Crippen molar-refractivity contribution in [1.29, 1.82) is 5.26 Å². The zero-order valence-corrected chi connectivity index (χ0v) is 14.3. The summed E-state index contributed by atoms with van der Waals surface area (Å²) >= 11 is 1.78. The van der Waals surface area contributed by atoms with Crippen molar-refractivity contribution >= 4 is 21.6 Å². The predicted molar refractivity (Wildman–Crippen MR) is 94.1 cm³/mol. The van der Waals surface area contributed by atoms with Crippen LogP contribution in [0.5, 0.6) is 5.88 Å². The average molecular weight is 335 g/mol. The van der Waals surface area contributed by atoms with Gasteiger partial charge in [0.15, 0.2) is 0 Å². The van der Waals surface area contributed by atoms with Crippen LogP contribution >= 0.6 is 11.3 Å². The molecule has 1 atom stereocenters. The lowest BCUT2D eigenvalue weighted by atomic mass is 9.89. The largest absolute Gasteiger partial charge is 0.472 e. The Balaban J connectivity index is 1.63. The van der Waals surface area contributed by atoms with Crippen LogP contribution in [-0.4, -0.2) is 9.97 Å². The molecule has 0 radical (unpaired) electrons. The average Bonchev–Trinajstić information content (AvgIpc) is 2.98. The number of aromatic nitrogens is 2. The van der Waals surface area contributed by atoms with Gasteiger partial charge >= 0.3 is 0 Å². The molecule has 0 spiro atoms. The van der Waals surface area contributed by atoms with E-state index in [1.807, 2.05) is 24.3 Å². The van der Waals surface area contributed by atoms with E-state index in [-0.39, 0.29) is 0 Å². The molecule has 0 amide bonds. The Hall–Kier alpha value is -2.45. The summed E-state index contributed by atoms with van der Waals surface area (Å²) in [5.74, 6) is 1.41. The molecule has 0 bridgehead atoms. The molecule has 4 rings (SSSR count). The van der Waals surface area contributed by atoms with Gasteiger partial charge in [0.2, 0.25) is 5.88 Å². The first-order valence-corrected chi connectivity index (χ1v) is 8.93. The van der Waals surface area contributed by atoms with Crippen molar-refractivity contribution in [3.63, 3.8) is 0 Å². The number of nitrogens with zero attached hydrogens (tertiary/aromatic N) is 3. The number of fused-ring (bicyclic) bond motifs is 3. The number of thiophene rings is 1. The highest BCUT2D eigenvalue weighted by atomic mass is 32.1. The molecule has 1 aliphatic carbocycles. The quantitative estimate of drug-likeness (QED) is 0.717. The first kappa shape index (κ1) is 15.1. The molecule has 0 unspecified atom stereocenters. The van der Waals surface area contributed by atoms with Crippen LogP contribution in [0.15, 0.2) is 30.6 Å². The summed E-state index contributed by atoms with van der Waals surface area (Å²) in [7, 11) is 0. The van der Waals surface area contributed by atoms with E-state index in [0.717, 1.165) is 34.5 Å². The van der Waals surface area contributed by atoms with Gasteiger partial charge in [0.25, 0.3) is 0 Å². The molecule has 2 heterocycles. The van der Waals surface area contributed by atoms with Gasteiger partial charge in [-0.3, -0.25) is 0 Å². The normalized spacial score (nSPS) is 16.6. The molecular weight excluding hydrogens is 318 g/mol. The number of benzene rings is 1. The molecule has 2 aromatic heterocycles. The summed E-state index contributed by atoms with van der Waals surface area (Å²) < 4.78 is 6.00. The van der Waals surface area contributed by atoms with Crippen LogP contribution in [0.4, 0.5) is 0 Å². The molecule has 24 heavy (non-hydrogen) atoms. The SMILES string of the molecule is C[C@H]1CCc2c(sc3ncnc(OCc4ccc(C#N)cc4)c23)C1. The topological polar surface area (TPSA) is 58.8 Å². The van der Waals surface area contributed by atoms with Crippen molar-refractivity contribution in [2.75, 3.05) is 0 Å². The number of aryl methyl sites for hydroxylation is 1. The Morgan fingerprint density at radius 3 is 2.92 bits per heavy atom. The van der Waals surface area contributed by atoms with Crippen molar-refractivity contribution in [2.45, 2.75) is 32.8 Å². The van der Waals surface area contributed by atoms with Crippen LogP contribution < -0.4 is 4.74 Å². The van der Waals surface area contributed by atoms with Crippen molar-refractivity contribution in [3.8, 4) is 11.9 Å². The molecule has 0 N–H and O–H groups in total. The van der Waals surface area contributed by atoms with Crippen molar-refractivity contribution in [1.82, 2.24) is 9.97 Å². The highest BCUT2D eigenvalue weighted by Crippen LogP contribution is 2.40. The zero-order chi connectivity index (χ0) is 16.5. The van der Waals surface area contributed by atoms with Crippen molar-refractivity contribution < 1.29 is 4.74 Å². The number of hydrogen-bond acceptors (Lipinski definition) is 5. The molecule has 0 saturated carbocycles. The van der Waals surface area contributed by atoms with Gasteiger partial charge in [-0.05, 0) is 48.4 Å². The first-order chi connectivity index (χ1) is 11.7. The maximum atomic E-state index is 8.87. The van der Waals surface area contributed by atoms with E-state index in [1.165, 1.54) is 16.9 Å². The molecule has 4 nitrogen and oxygen atoms in total. The maximum absolute atomic E-state index is 8.87. The number of hydrogen-bond donors (Lipinski definition) is 0. The molecule has 1 aliphatic rings. The van der Waals surface area contributed by atoms with Crippen LogP contribution in [0, 0.1) is 17.2 Å². The second-order valence-electron chi connectivity index (χ2n) is 6.31. The van der Waals surface area contributed by atoms with Crippen LogP contribution in [0.25, 0.3) is 10.2 Å². The van der Waals surface area contributed by atoms with E-state index in [9.17, 15) is 0 Å². The molecule has 5 heteroatoms. The molecule has 0 fully saturated rings. The highest BCUT2D eigenvalue weighted by molar-refractivity contribution is 7.18. The minimum atomic E-state index is 0.443. The lowest BCUT2D eigenvalue weighted by molar-refractivity contribution is 0.297. The van der Waals surface area contributed by atoms with Gasteiger partial charge in [0, 0.05) is 4.88 Å². The summed E-state index contributed by atoms with van der Waals surface area (Å²) in [5.41, 5.74) is 3.06. The van der Waals surface area contributed by atoms with E-state index >= 15 is 0 Å². The van der Waals surface area contributed by atoms with E-state index in [1.54, 1.807) is 17.7 Å². The second-order valence-corrected chi connectivity index (χ2v) is 7.39. The van der Waals surface area contributed by atoms with Gasteiger partial charge in [-0.25, -0.2) is 9.97 Å². The Morgan fingerprint density at radius 2 is 2.12 bits per heavy atom. The van der Waals surface area contributed by atoms with Crippen LogP contribution in [0.3, 0.4) is 0 Å². The smallest absolute Gasteiger partial charge is 0.225 e. The highest BCUT2D eigenvalue weighted by Gasteiger charge is 2.23. The number of rotatable bonds is 3. The lowest BCUT2D eigenvalue weighted by Crippen LogP contribution is -2.09. The van der Waals surface area contributed by atoms with Gasteiger partial charge in [0.05, 0.1) is 17.0 Å². The first-order valence-electron chi connectivity index (χ1n) is 8.11. The molecule has 0 aliphatic heterocycles. The third-order valence-corrected chi connectivity index (χ3v) is 5.68. The summed E-state index contributed by atoms with van der Waals surface area (Å²) in [4.78, 5) is 11.3. The van der Waals surface area contributed by atoms with Gasteiger partial charge in [0.1, 0.15) is 17.8 Å². The Kier molecular flexibility index (Phi) is 3.91. The number of ether oxygens (including phenoxy) is 1. The fourth-order valence-electron chi connectivity index (χ4n) is 3.18. The van der Waals surface area contributed by atoms with Crippen LogP contribution in [0.1, 0.15) is 34.9 Å². The molecular formula is C19H17N3OS. The molecule has 1 aromatic carbocycles. The van der Waals surface area contributed by atoms with Gasteiger partial charge < -0.3 is 4.74 Å². The van der Waals surface area contributed by atoms with Gasteiger partial charge in [-0.15, -0.1) is 11.3 Å². The molecule has 120 valence electrons. The van der Waals surface area contributed by atoms with Crippen molar-refractivity contribution in [2.24, 2.45) is 5.92 Å². The van der Waals surface area contributed by atoms with Crippen molar-refractivity contribution in [3.05, 3.63) is 52.2 Å². The zero-order valence-electron chi connectivity index (χ0n) is 13.5. The molecule has 0 saturated heterocycles. The Labute approximate surface area is 144 Å². The van der Waals surface area contributed by atoms with E-state index < -0.39 is 0 Å². The standard InChI is InChI=1S/C19H17N3OS/c1-12-2-7-15-16(8-12)24-19-17(15)18(21-11-22-19)23-10-14-5-3-13(9-20)4-6-14/h3-6,11-12H,2,7-8,10H2,1H3/t12-/m0/s1. The predicted octanol–water partition coefficient (Wildman–Crippen LogP) is 4.27. The molecule has 3 aromatic rings. The maximum Gasteiger partial charge on any atom is 0.225 e. The monoisotopic (exact) mass is 335 g/mol. The number of nitriles is 1. The lowest BCUT2D eigenvalue weighted by Gasteiger charge is -2.18. The fraction of sp³-hybridized carbons (Fsp3) is 0.316. The third-order valence-electron chi connectivity index (χ3n) is 4.52. The van der Waals surface area contributed by atoms with Crippen LogP contribution in [0.2, 0.25) is 0 Å². The minimum absolute atomic E-state index is 0.443. The Bertz CT molecular complexity index is 924. The third kappa shape index (κ3) is 2.74. The summed E-state index contributed by atoms with van der Waals surface area (Å²) in [6, 6.07) is 9.58. The van der Waals surface area contributed by atoms with E-state index in [2.05, 4.69) is 23.0 Å². The summed E-state index contributed by atoms with van der Waals surface area (Å²) in [6.07, 6.45) is 5.01. The second kappa shape index (κ2) is 6.21. The fourth-order valence-corrected chi connectivity index (χ4v) is 4.52. The van der Waals surface area contributed by atoms with E-state index in [4.69, 9.17) is 10.00 Å². The van der Waals surface area contributed by atoms with Gasteiger partial charge in [-0.1, -0.05) is 19.1 Å². The van der Waals surface area contributed by atoms with Gasteiger partial charge in [-0.2, -0.15) is 5.26 Å². The Morgan fingerprint density at radius 1 is 1.29 bits per heavy atom. The minimum Gasteiger partial charge on any atom is -0.472 e.